The van der Waals surface area contributed by atoms with Crippen LogP contribution in [0.3, 0.4) is 0 Å². The van der Waals surface area contributed by atoms with Crippen molar-refractivity contribution in [2.45, 2.75) is 11.8 Å². The smallest absolute Gasteiger partial charge is 0.345 e. The van der Waals surface area contributed by atoms with Crippen LogP contribution in [0.1, 0.15) is 14.5 Å². The minimum atomic E-state index is -3.60. The Balaban J connectivity index is 2.37. The third kappa shape index (κ3) is 2.41. The van der Waals surface area contributed by atoms with Gasteiger partial charge in [-0.3, -0.25) is 0 Å². The second-order valence-electron chi connectivity index (χ2n) is 3.85. The van der Waals surface area contributed by atoms with E-state index in [0.717, 1.165) is 11.3 Å². The van der Waals surface area contributed by atoms with Crippen LogP contribution < -0.4 is 0 Å². The van der Waals surface area contributed by atoms with E-state index < -0.39 is 16.0 Å². The molecule has 2 heterocycles. The molecule has 0 aliphatic carbocycles. The Kier molecular flexibility index (Phi) is 3.71. The number of ether oxygens (including phenoxy) is 1. The van der Waals surface area contributed by atoms with Crippen LogP contribution >= 0.6 is 11.3 Å². The summed E-state index contributed by atoms with van der Waals surface area (Å²) in [6, 6.07) is 1.23. The highest BCUT2D eigenvalue weighted by Gasteiger charge is 2.29. The highest BCUT2D eigenvalue weighted by atomic mass is 32.2. The Morgan fingerprint density at radius 2 is 2.06 bits per heavy atom. The van der Waals surface area contributed by atoms with Crippen molar-refractivity contribution < 1.29 is 23.1 Å². The summed E-state index contributed by atoms with van der Waals surface area (Å²) in [6.45, 7) is 2.97. The van der Waals surface area contributed by atoms with E-state index in [2.05, 4.69) is 0 Å². The number of thiophene rings is 1. The summed E-state index contributed by atoms with van der Waals surface area (Å²) in [6.07, 6.45) is 0. The number of nitrogens with zero attached hydrogens (tertiary/aromatic N) is 1. The van der Waals surface area contributed by atoms with Crippen LogP contribution in [-0.4, -0.2) is 50.1 Å². The van der Waals surface area contributed by atoms with Crippen LogP contribution in [0, 0.1) is 6.92 Å². The maximum atomic E-state index is 12.3. The van der Waals surface area contributed by atoms with Gasteiger partial charge in [-0.05, 0) is 13.0 Å². The number of hydrogen-bond donors (Lipinski definition) is 1. The van der Waals surface area contributed by atoms with Crippen molar-refractivity contribution in [1.29, 1.82) is 0 Å². The van der Waals surface area contributed by atoms with Crippen molar-refractivity contribution in [3.63, 3.8) is 0 Å². The monoisotopic (exact) mass is 291 g/mol. The average Bonchev–Trinajstić information content (AvgIpc) is 2.73. The lowest BCUT2D eigenvalue weighted by atomic mass is 10.4. The van der Waals surface area contributed by atoms with Gasteiger partial charge in [0.25, 0.3) is 0 Å². The fourth-order valence-electron chi connectivity index (χ4n) is 1.75. The summed E-state index contributed by atoms with van der Waals surface area (Å²) >= 11 is 0.977. The van der Waals surface area contributed by atoms with Gasteiger partial charge in [0.15, 0.2) is 0 Å². The quantitative estimate of drug-likeness (QED) is 0.889. The first-order valence-electron chi connectivity index (χ1n) is 5.34. The minimum Gasteiger partial charge on any atom is -0.477 e. The second kappa shape index (κ2) is 4.96. The number of aryl methyl sites for hydroxylation is 1. The fourth-order valence-corrected chi connectivity index (χ4v) is 4.56. The first kappa shape index (κ1) is 13.5. The van der Waals surface area contributed by atoms with Gasteiger partial charge in [-0.2, -0.15) is 4.31 Å². The average molecular weight is 291 g/mol. The molecule has 0 saturated carbocycles. The van der Waals surface area contributed by atoms with Gasteiger partial charge in [0.05, 0.1) is 18.1 Å². The standard InChI is InChI=1S/C10H13NO5S2/c1-7-9(6-8(17-7)10(12)13)18(14,15)11-2-4-16-5-3-11/h6H,2-5H2,1H3,(H,12,13). The number of morpholine rings is 1. The van der Waals surface area contributed by atoms with Crippen molar-refractivity contribution >= 4 is 27.3 Å². The number of aromatic carboxylic acids is 1. The number of sulfonamides is 1. The van der Waals surface area contributed by atoms with Gasteiger partial charge in [0, 0.05) is 18.0 Å². The number of hydrogen-bond acceptors (Lipinski definition) is 5. The summed E-state index contributed by atoms with van der Waals surface area (Å²) in [5.41, 5.74) is 0. The van der Waals surface area contributed by atoms with Gasteiger partial charge >= 0.3 is 5.97 Å². The van der Waals surface area contributed by atoms with Crippen molar-refractivity contribution in [3.8, 4) is 0 Å². The number of carboxylic acids is 1. The molecular formula is C10H13NO5S2. The highest BCUT2D eigenvalue weighted by molar-refractivity contribution is 7.89. The molecule has 0 bridgehead atoms. The van der Waals surface area contributed by atoms with Gasteiger partial charge in [0.1, 0.15) is 4.88 Å². The molecule has 0 aromatic carbocycles. The molecule has 8 heteroatoms. The lowest BCUT2D eigenvalue weighted by Gasteiger charge is -2.25. The Morgan fingerprint density at radius 1 is 1.44 bits per heavy atom. The predicted molar refractivity (Wildman–Crippen MR) is 65.6 cm³/mol. The van der Waals surface area contributed by atoms with E-state index in [1.807, 2.05) is 0 Å². The molecular weight excluding hydrogens is 278 g/mol. The van der Waals surface area contributed by atoms with Crippen molar-refractivity contribution in [3.05, 3.63) is 15.8 Å². The van der Waals surface area contributed by atoms with Gasteiger partial charge < -0.3 is 9.84 Å². The maximum absolute atomic E-state index is 12.3. The number of carboxylic acid groups (broad SMARTS) is 1. The topological polar surface area (TPSA) is 83.9 Å². The minimum absolute atomic E-state index is 0.0411. The summed E-state index contributed by atoms with van der Waals surface area (Å²) in [5.74, 6) is -1.11. The van der Waals surface area contributed by atoms with E-state index in [9.17, 15) is 13.2 Å². The third-order valence-electron chi connectivity index (χ3n) is 2.67. The maximum Gasteiger partial charge on any atom is 0.345 e. The van der Waals surface area contributed by atoms with Crippen molar-refractivity contribution in [2.75, 3.05) is 26.3 Å². The van der Waals surface area contributed by atoms with Crippen molar-refractivity contribution in [2.24, 2.45) is 0 Å². The summed E-state index contributed by atoms with van der Waals surface area (Å²) in [4.78, 5) is 11.5. The lowest BCUT2D eigenvalue weighted by molar-refractivity contribution is 0.0701. The molecule has 1 aliphatic heterocycles. The molecule has 0 radical (unpaired) electrons. The Morgan fingerprint density at radius 3 is 2.56 bits per heavy atom. The molecule has 1 saturated heterocycles. The fraction of sp³-hybridized carbons (Fsp3) is 0.500. The molecule has 1 aliphatic rings. The zero-order chi connectivity index (χ0) is 13.3. The molecule has 1 aromatic heterocycles. The largest absolute Gasteiger partial charge is 0.477 e. The summed E-state index contributed by atoms with van der Waals surface area (Å²) < 4.78 is 31.1. The molecule has 2 rings (SSSR count). The van der Waals surface area contributed by atoms with E-state index in [-0.39, 0.29) is 9.77 Å². The van der Waals surface area contributed by atoms with Crippen molar-refractivity contribution in [1.82, 2.24) is 4.31 Å². The van der Waals surface area contributed by atoms with Gasteiger partial charge in [-0.15, -0.1) is 11.3 Å². The lowest BCUT2D eigenvalue weighted by Crippen LogP contribution is -2.40. The predicted octanol–water partition coefficient (Wildman–Crippen LogP) is 0.776. The summed E-state index contributed by atoms with van der Waals surface area (Å²) in [7, 11) is -3.60. The van der Waals surface area contributed by atoms with E-state index in [0.29, 0.717) is 31.2 Å². The Bertz CT molecular complexity index is 557. The van der Waals surface area contributed by atoms with E-state index in [4.69, 9.17) is 9.84 Å². The van der Waals surface area contributed by atoms with E-state index >= 15 is 0 Å². The van der Waals surface area contributed by atoms with Crippen LogP contribution in [-0.2, 0) is 14.8 Å². The van der Waals surface area contributed by atoms with E-state index in [1.54, 1.807) is 6.92 Å². The highest BCUT2D eigenvalue weighted by Crippen LogP contribution is 2.28. The Labute approximate surface area is 109 Å². The van der Waals surface area contributed by atoms with Crippen LogP contribution in [0.25, 0.3) is 0 Å². The second-order valence-corrected chi connectivity index (χ2v) is 7.02. The van der Waals surface area contributed by atoms with Crippen LogP contribution in [0.5, 0.6) is 0 Å². The molecule has 18 heavy (non-hydrogen) atoms. The van der Waals surface area contributed by atoms with Crippen LogP contribution in [0.2, 0.25) is 0 Å². The molecule has 1 aromatic rings. The van der Waals surface area contributed by atoms with Crippen LogP contribution in [0.15, 0.2) is 11.0 Å². The molecule has 0 spiro atoms. The molecule has 1 N–H and O–H groups in total. The third-order valence-corrected chi connectivity index (χ3v) is 5.86. The summed E-state index contributed by atoms with van der Waals surface area (Å²) in [5, 5.41) is 8.88. The zero-order valence-electron chi connectivity index (χ0n) is 9.75. The molecule has 6 nitrogen and oxygen atoms in total. The normalized spacial score (nSPS) is 17.8. The molecule has 0 atom stereocenters. The van der Waals surface area contributed by atoms with Gasteiger partial charge in [-0.1, -0.05) is 0 Å². The SMILES string of the molecule is Cc1sc(C(=O)O)cc1S(=O)(=O)N1CCOCC1. The zero-order valence-corrected chi connectivity index (χ0v) is 11.4. The van der Waals surface area contributed by atoms with Gasteiger partial charge in [0.2, 0.25) is 10.0 Å². The number of carbonyl (C=O) groups is 1. The Hall–Kier alpha value is -0.960. The first-order chi connectivity index (χ1) is 8.43. The first-order valence-corrected chi connectivity index (χ1v) is 7.60. The molecule has 100 valence electrons. The van der Waals surface area contributed by atoms with Crippen LogP contribution in [0.4, 0.5) is 0 Å². The number of rotatable bonds is 3. The molecule has 1 fully saturated rings. The van der Waals surface area contributed by atoms with E-state index in [1.165, 1.54) is 10.4 Å². The van der Waals surface area contributed by atoms with Gasteiger partial charge in [-0.25, -0.2) is 13.2 Å². The molecule has 0 amide bonds. The molecule has 0 unspecified atom stereocenters.